The molecule has 0 atom stereocenters. The zero-order chi connectivity index (χ0) is 20.7. The van der Waals surface area contributed by atoms with Gasteiger partial charge < -0.3 is 9.64 Å². The number of likely N-dealkylation sites (tertiary alicyclic amines) is 1. The monoisotopic (exact) mass is 417 g/mol. The maximum atomic E-state index is 13.0. The molecule has 0 N–H and O–H groups in total. The first-order valence-corrected chi connectivity index (χ1v) is 11.3. The van der Waals surface area contributed by atoms with Gasteiger partial charge in [0.05, 0.1) is 5.75 Å². The third kappa shape index (κ3) is 3.42. The molecule has 1 aliphatic heterocycles. The summed E-state index contributed by atoms with van der Waals surface area (Å²) >= 11 is 1.49. The van der Waals surface area contributed by atoms with Crippen LogP contribution in [0.4, 0.5) is 0 Å². The minimum absolute atomic E-state index is 0.0275. The van der Waals surface area contributed by atoms with Crippen LogP contribution in [0.1, 0.15) is 28.8 Å². The summed E-state index contributed by atoms with van der Waals surface area (Å²) < 4.78 is 5.68. The highest BCUT2D eigenvalue weighted by atomic mass is 32.2. The van der Waals surface area contributed by atoms with Crippen molar-refractivity contribution in [3.8, 4) is 11.1 Å². The molecule has 2 aliphatic rings. The summed E-state index contributed by atoms with van der Waals surface area (Å²) in [6, 6.07) is 17.7. The number of hydrogen-bond acceptors (Lipinski definition) is 5. The molecule has 0 aromatic heterocycles. The molecule has 0 amide bonds. The topological polar surface area (TPSA) is 46.6 Å². The van der Waals surface area contributed by atoms with Crippen LogP contribution in [0, 0.1) is 0 Å². The number of hydrogen-bond donors (Lipinski definition) is 0. The number of ether oxygens (including phenoxy) is 1. The van der Waals surface area contributed by atoms with Crippen molar-refractivity contribution in [2.75, 3.05) is 25.9 Å². The summed E-state index contributed by atoms with van der Waals surface area (Å²) in [7, 11) is 2.09. The average Bonchev–Trinajstić information content (AvgIpc) is 2.77. The second-order valence-electron chi connectivity index (χ2n) is 8.00. The van der Waals surface area contributed by atoms with Gasteiger partial charge in [-0.1, -0.05) is 48.5 Å². The predicted molar refractivity (Wildman–Crippen MR) is 120 cm³/mol. The van der Waals surface area contributed by atoms with Gasteiger partial charge in [0, 0.05) is 34.5 Å². The number of esters is 1. The lowest BCUT2D eigenvalue weighted by molar-refractivity contribution is -0.147. The summed E-state index contributed by atoms with van der Waals surface area (Å²) in [5, 5.41) is 2.00. The Bertz CT molecular complexity index is 1150. The van der Waals surface area contributed by atoms with E-state index in [1.807, 2.05) is 42.5 Å². The zero-order valence-electron chi connectivity index (χ0n) is 16.9. The standard InChI is InChI=1S/C25H23NO3S/c1-26-13-11-16(12-14-26)29-23(27)15-30-22-10-9-18-17-5-2-3-6-19(17)25(28)21-8-4-7-20(22)24(18)21/h2-10,16H,11-15H2,1H3. The Labute approximate surface area is 180 Å². The Morgan fingerprint density at radius 1 is 0.967 bits per heavy atom. The normalized spacial score (nSPS) is 16.5. The highest BCUT2D eigenvalue weighted by Gasteiger charge is 2.26. The van der Waals surface area contributed by atoms with E-state index in [4.69, 9.17) is 4.74 Å². The number of carbonyl (C=O) groups excluding carboxylic acids is 2. The summed E-state index contributed by atoms with van der Waals surface area (Å²) in [4.78, 5) is 28.7. The highest BCUT2D eigenvalue weighted by molar-refractivity contribution is 8.00. The van der Waals surface area contributed by atoms with Crippen LogP contribution < -0.4 is 0 Å². The fraction of sp³-hybridized carbons (Fsp3) is 0.280. The minimum Gasteiger partial charge on any atom is -0.462 e. The minimum atomic E-state index is -0.170. The maximum absolute atomic E-state index is 13.0. The lowest BCUT2D eigenvalue weighted by Crippen LogP contribution is -2.35. The van der Waals surface area contributed by atoms with Gasteiger partial charge in [-0.25, -0.2) is 0 Å². The first kappa shape index (κ1) is 19.3. The Morgan fingerprint density at radius 3 is 2.50 bits per heavy atom. The molecule has 30 heavy (non-hydrogen) atoms. The molecule has 1 saturated heterocycles. The smallest absolute Gasteiger partial charge is 0.316 e. The number of nitrogens with zero attached hydrogens (tertiary/aromatic N) is 1. The molecule has 3 aromatic carbocycles. The van der Waals surface area contributed by atoms with Gasteiger partial charge in [0.25, 0.3) is 0 Å². The number of rotatable bonds is 4. The molecule has 5 heteroatoms. The maximum Gasteiger partial charge on any atom is 0.316 e. The molecule has 0 radical (unpaired) electrons. The van der Waals surface area contributed by atoms with Gasteiger partial charge in [-0.05, 0) is 42.5 Å². The van der Waals surface area contributed by atoms with Gasteiger partial charge in [0.15, 0.2) is 5.78 Å². The van der Waals surface area contributed by atoms with Crippen LogP contribution in [0.25, 0.3) is 21.9 Å². The van der Waals surface area contributed by atoms with Crippen LogP contribution >= 0.6 is 11.8 Å². The molecule has 0 bridgehead atoms. The average molecular weight is 418 g/mol. The van der Waals surface area contributed by atoms with Gasteiger partial charge in [-0.2, -0.15) is 0 Å². The quantitative estimate of drug-likeness (QED) is 0.353. The SMILES string of the molecule is CN1CCC(OC(=O)CSc2ccc3c4c(cccc24)C(=O)c2ccccc2-3)CC1. The molecule has 152 valence electrons. The molecule has 5 rings (SSSR count). The first-order chi connectivity index (χ1) is 14.6. The van der Waals surface area contributed by atoms with Crippen LogP contribution in [-0.2, 0) is 9.53 Å². The van der Waals surface area contributed by atoms with Crippen LogP contribution in [0.15, 0.2) is 59.5 Å². The Morgan fingerprint density at radius 2 is 1.70 bits per heavy atom. The fourth-order valence-electron chi connectivity index (χ4n) is 4.44. The van der Waals surface area contributed by atoms with E-state index in [1.165, 1.54) is 11.8 Å². The van der Waals surface area contributed by atoms with Crippen LogP contribution in [0.5, 0.6) is 0 Å². The van der Waals surface area contributed by atoms with Gasteiger partial charge in [0.1, 0.15) is 6.10 Å². The lowest BCUT2D eigenvalue weighted by atomic mass is 9.83. The van der Waals surface area contributed by atoms with Gasteiger partial charge in [-0.15, -0.1) is 11.8 Å². The van der Waals surface area contributed by atoms with Gasteiger partial charge >= 0.3 is 5.97 Å². The van der Waals surface area contributed by atoms with Crippen molar-refractivity contribution in [2.24, 2.45) is 0 Å². The van der Waals surface area contributed by atoms with E-state index < -0.39 is 0 Å². The molecule has 4 nitrogen and oxygen atoms in total. The molecular formula is C25H23NO3S. The van der Waals surface area contributed by atoms with Crippen LogP contribution in [-0.4, -0.2) is 48.6 Å². The number of fused-ring (bicyclic) bond motifs is 2. The van der Waals surface area contributed by atoms with E-state index in [0.717, 1.165) is 63.9 Å². The van der Waals surface area contributed by atoms with E-state index in [0.29, 0.717) is 0 Å². The second-order valence-corrected chi connectivity index (χ2v) is 9.01. The zero-order valence-corrected chi connectivity index (χ0v) is 17.7. The summed E-state index contributed by atoms with van der Waals surface area (Å²) in [5.41, 5.74) is 3.54. The number of thioether (sulfide) groups is 1. The number of carbonyl (C=O) groups is 2. The van der Waals surface area contributed by atoms with Crippen molar-refractivity contribution in [1.82, 2.24) is 4.90 Å². The molecule has 0 spiro atoms. The van der Waals surface area contributed by atoms with Crippen molar-refractivity contribution in [2.45, 2.75) is 23.8 Å². The summed E-state index contributed by atoms with van der Waals surface area (Å²) in [5.74, 6) is 0.166. The molecule has 3 aromatic rings. The molecule has 0 saturated carbocycles. The predicted octanol–water partition coefficient (Wildman–Crippen LogP) is 4.78. The number of piperidine rings is 1. The van der Waals surface area contributed by atoms with Crippen molar-refractivity contribution in [1.29, 1.82) is 0 Å². The van der Waals surface area contributed by atoms with Gasteiger partial charge in [-0.3, -0.25) is 9.59 Å². The number of benzene rings is 3. The lowest BCUT2D eigenvalue weighted by Gasteiger charge is -2.28. The van der Waals surface area contributed by atoms with E-state index in [2.05, 4.69) is 24.1 Å². The van der Waals surface area contributed by atoms with Crippen molar-refractivity contribution in [3.63, 3.8) is 0 Å². The van der Waals surface area contributed by atoms with E-state index in [1.54, 1.807) is 0 Å². The van der Waals surface area contributed by atoms with Gasteiger partial charge in [0.2, 0.25) is 0 Å². The molecule has 1 aliphatic carbocycles. The molecule has 1 heterocycles. The molecular weight excluding hydrogens is 394 g/mol. The van der Waals surface area contributed by atoms with Crippen molar-refractivity contribution in [3.05, 3.63) is 65.7 Å². The van der Waals surface area contributed by atoms with Crippen molar-refractivity contribution >= 4 is 34.3 Å². The molecule has 0 unspecified atom stereocenters. The van der Waals surface area contributed by atoms with Crippen LogP contribution in [0.2, 0.25) is 0 Å². The van der Waals surface area contributed by atoms with E-state index in [-0.39, 0.29) is 23.6 Å². The Kier molecular flexibility index (Phi) is 5.09. The largest absolute Gasteiger partial charge is 0.462 e. The Balaban J connectivity index is 1.40. The highest BCUT2D eigenvalue weighted by Crippen LogP contribution is 2.42. The summed E-state index contributed by atoms with van der Waals surface area (Å²) in [6.45, 7) is 1.94. The third-order valence-corrected chi connectivity index (χ3v) is 7.06. The number of ketones is 1. The van der Waals surface area contributed by atoms with E-state index >= 15 is 0 Å². The first-order valence-electron chi connectivity index (χ1n) is 10.3. The van der Waals surface area contributed by atoms with Crippen molar-refractivity contribution < 1.29 is 14.3 Å². The van der Waals surface area contributed by atoms with Crippen LogP contribution in [0.3, 0.4) is 0 Å². The second kappa shape index (κ2) is 7.89. The summed E-state index contributed by atoms with van der Waals surface area (Å²) in [6.07, 6.45) is 1.82. The molecule has 1 fully saturated rings. The van der Waals surface area contributed by atoms with E-state index in [9.17, 15) is 9.59 Å². The Hall–Kier alpha value is -2.63. The fourth-order valence-corrected chi connectivity index (χ4v) is 5.27. The third-order valence-electron chi connectivity index (χ3n) is 6.02.